The fourth-order valence-corrected chi connectivity index (χ4v) is 3.04. The molecule has 7 N–H and O–H groups in total. The Labute approximate surface area is 269 Å². The third-order valence-electron chi connectivity index (χ3n) is 5.57. The van der Waals surface area contributed by atoms with E-state index in [1.807, 2.05) is 12.1 Å². The van der Waals surface area contributed by atoms with E-state index in [2.05, 4.69) is 51.5 Å². The Balaban J connectivity index is -0.000000168. The SMILES string of the molecule is COc1ccnc(-c2cc(OC)ccn2)c1.Cc1c(C)c(C)c(C)c(C)c1C.F[P-](F)(F)(F)(F)F.F[P-](F)(F)(F)(F)F.O.O.[OH3+].[Ru+2]. The summed E-state index contributed by atoms with van der Waals surface area (Å²) in [6, 6.07) is 7.26. The Morgan fingerprint density at radius 2 is 0.652 bits per heavy atom. The van der Waals surface area contributed by atoms with Gasteiger partial charge in [0, 0.05) is 24.5 Å². The second-order valence-corrected chi connectivity index (χ2v) is 12.7. The van der Waals surface area contributed by atoms with Crippen LogP contribution in [-0.4, -0.2) is 35.1 Å². The van der Waals surface area contributed by atoms with Gasteiger partial charge in [0.15, 0.2) is 0 Å². The molecular weight excluding hydrogens is 787 g/mol. The zero-order valence-electron chi connectivity index (χ0n) is 25.5. The number of halogens is 12. The summed E-state index contributed by atoms with van der Waals surface area (Å²) < 4.78 is 129. The molecule has 0 saturated carbocycles. The molecule has 274 valence electrons. The van der Waals surface area contributed by atoms with Crippen LogP contribution in [0.3, 0.4) is 0 Å². The summed E-state index contributed by atoms with van der Waals surface area (Å²) in [6.45, 7) is 13.3. The third kappa shape index (κ3) is 27.9. The van der Waals surface area contributed by atoms with E-state index in [-0.39, 0.29) is 35.9 Å². The minimum Gasteiger partial charge on any atom is -0.457 e. The third-order valence-corrected chi connectivity index (χ3v) is 5.57. The van der Waals surface area contributed by atoms with Crippen LogP contribution in [0.2, 0.25) is 0 Å². The first-order chi connectivity index (χ1) is 18.2. The average molecular weight is 825 g/mol. The van der Waals surface area contributed by atoms with E-state index >= 15 is 0 Å². The number of ether oxygens (including phenoxy) is 2. The molecule has 0 amide bonds. The van der Waals surface area contributed by atoms with Crippen molar-refractivity contribution in [1.82, 2.24) is 9.97 Å². The van der Waals surface area contributed by atoms with Crippen molar-refractivity contribution in [3.8, 4) is 22.9 Å². The molecule has 3 rings (SSSR count). The molecule has 0 fully saturated rings. The van der Waals surface area contributed by atoms with Crippen molar-refractivity contribution in [3.63, 3.8) is 0 Å². The molecular formula is C24H37F12N2O5P2Ru+. The van der Waals surface area contributed by atoms with Crippen LogP contribution in [0.15, 0.2) is 36.7 Å². The predicted octanol–water partition coefficient (Wildman–Crippen LogP) is 9.89. The van der Waals surface area contributed by atoms with Crippen LogP contribution in [0.1, 0.15) is 33.4 Å². The summed E-state index contributed by atoms with van der Waals surface area (Å²) in [6.07, 6.45) is 3.38. The second-order valence-electron chi connectivity index (χ2n) is 8.83. The van der Waals surface area contributed by atoms with E-state index in [0.29, 0.717) is 0 Å². The summed E-state index contributed by atoms with van der Waals surface area (Å²) in [4.78, 5) is 8.47. The standard InChI is InChI=1S/C12H12N2O2.C12H18.2F6P.3H2O.Ru/c1-15-9-3-5-13-11(7-9)12-8-10(16-2)4-6-14-12;1-7-8(2)10(4)12(6)11(5)9(7)3;2*1-7(2,3,4,5)6;;;;/h3-8H,1-2H3;1-6H3;;;3*1H2;/q;;2*-1;;;;+2/p+1. The van der Waals surface area contributed by atoms with Crippen molar-refractivity contribution in [2.45, 2.75) is 41.5 Å². The first kappa shape index (κ1) is 53.1. The first-order valence-electron chi connectivity index (χ1n) is 11.4. The van der Waals surface area contributed by atoms with Crippen LogP contribution in [-0.2, 0) is 25.0 Å². The number of rotatable bonds is 3. The van der Waals surface area contributed by atoms with Crippen molar-refractivity contribution in [1.29, 1.82) is 0 Å². The van der Waals surface area contributed by atoms with Crippen molar-refractivity contribution >= 4 is 15.6 Å². The zero-order chi connectivity index (χ0) is 33.7. The van der Waals surface area contributed by atoms with Gasteiger partial charge >= 0.3 is 85.5 Å². The van der Waals surface area contributed by atoms with E-state index in [4.69, 9.17) is 9.47 Å². The van der Waals surface area contributed by atoms with Gasteiger partial charge in [-0.2, -0.15) is 0 Å². The van der Waals surface area contributed by atoms with Gasteiger partial charge in [-0.05, 0) is 87.1 Å². The molecule has 1 aromatic carbocycles. The molecule has 7 nitrogen and oxygen atoms in total. The van der Waals surface area contributed by atoms with Gasteiger partial charge in [-0.25, -0.2) is 0 Å². The van der Waals surface area contributed by atoms with E-state index < -0.39 is 15.6 Å². The van der Waals surface area contributed by atoms with Crippen LogP contribution >= 0.6 is 15.6 Å². The fraction of sp³-hybridized carbons (Fsp3) is 0.333. The Hall–Kier alpha value is -2.36. The molecule has 0 spiro atoms. The number of nitrogens with zero attached hydrogens (tertiary/aromatic N) is 2. The number of hydrogen-bond acceptors (Lipinski definition) is 4. The van der Waals surface area contributed by atoms with Gasteiger partial charge in [0.1, 0.15) is 11.5 Å². The summed E-state index contributed by atoms with van der Waals surface area (Å²) in [7, 11) is -18.1. The van der Waals surface area contributed by atoms with Gasteiger partial charge < -0.3 is 25.9 Å². The maximum absolute atomic E-state index is 10.7. The van der Waals surface area contributed by atoms with Gasteiger partial charge in [0.25, 0.3) is 0 Å². The predicted molar refractivity (Wildman–Crippen MR) is 155 cm³/mol. The molecule has 0 saturated heterocycles. The molecule has 46 heavy (non-hydrogen) atoms. The maximum atomic E-state index is 9.87. The largest absolute Gasteiger partial charge is 2.00 e. The van der Waals surface area contributed by atoms with Crippen LogP contribution < -0.4 is 9.47 Å². The number of pyridine rings is 2. The minimum atomic E-state index is -10.7. The van der Waals surface area contributed by atoms with E-state index in [1.165, 1.54) is 33.4 Å². The zero-order valence-corrected chi connectivity index (χ0v) is 29.1. The summed E-state index contributed by atoms with van der Waals surface area (Å²) >= 11 is 0. The van der Waals surface area contributed by atoms with Crippen molar-refractivity contribution in [2.24, 2.45) is 0 Å². The van der Waals surface area contributed by atoms with Gasteiger partial charge in [-0.3, -0.25) is 9.97 Å². The van der Waals surface area contributed by atoms with E-state index in [1.54, 1.807) is 38.7 Å². The molecule has 0 aliphatic carbocycles. The molecule has 0 atom stereocenters. The summed E-state index contributed by atoms with van der Waals surface area (Å²) in [5.74, 6) is 1.52. The number of benzene rings is 1. The van der Waals surface area contributed by atoms with Gasteiger partial charge in [0.05, 0.1) is 25.6 Å². The topological polar surface area (TPSA) is 140 Å². The van der Waals surface area contributed by atoms with Crippen molar-refractivity contribution in [3.05, 3.63) is 70.0 Å². The smallest absolute Gasteiger partial charge is 0.457 e. The van der Waals surface area contributed by atoms with E-state index in [0.717, 1.165) is 22.9 Å². The number of hydrogen-bond donors (Lipinski definition) is 0. The molecule has 0 bridgehead atoms. The van der Waals surface area contributed by atoms with Crippen LogP contribution in [0.5, 0.6) is 11.5 Å². The van der Waals surface area contributed by atoms with Crippen molar-refractivity contribution in [2.75, 3.05) is 14.2 Å². The Morgan fingerprint density at radius 1 is 0.478 bits per heavy atom. The summed E-state index contributed by atoms with van der Waals surface area (Å²) in [5.41, 5.74) is 10.3. The maximum Gasteiger partial charge on any atom is 2.00 e. The first-order valence-corrected chi connectivity index (χ1v) is 15.4. The van der Waals surface area contributed by atoms with Gasteiger partial charge in [-0.1, -0.05) is 0 Å². The fourth-order valence-electron chi connectivity index (χ4n) is 3.04. The normalized spacial score (nSPS) is 13.2. The van der Waals surface area contributed by atoms with Gasteiger partial charge in [-0.15, -0.1) is 0 Å². The molecule has 22 heteroatoms. The molecule has 2 heterocycles. The molecule has 0 aliphatic heterocycles. The summed E-state index contributed by atoms with van der Waals surface area (Å²) in [5, 5.41) is 0. The van der Waals surface area contributed by atoms with Crippen LogP contribution in [0.25, 0.3) is 11.4 Å². The number of methoxy groups -OCH3 is 2. The Kier molecular flexibility index (Phi) is 18.7. The molecule has 0 unspecified atom stereocenters. The quantitative estimate of drug-likeness (QED) is 0.112. The van der Waals surface area contributed by atoms with Crippen LogP contribution in [0.4, 0.5) is 50.4 Å². The van der Waals surface area contributed by atoms with Crippen molar-refractivity contribution < 1.29 is 95.7 Å². The Bertz CT molecular complexity index is 1210. The monoisotopic (exact) mass is 825 g/mol. The number of aromatic nitrogens is 2. The van der Waals surface area contributed by atoms with Gasteiger partial charge in [0.2, 0.25) is 0 Å². The average Bonchev–Trinajstić information content (AvgIpc) is 2.81. The minimum absolute atomic E-state index is 0. The molecule has 3 aromatic rings. The molecule has 0 aliphatic rings. The molecule has 2 aromatic heterocycles. The van der Waals surface area contributed by atoms with Crippen LogP contribution in [0, 0.1) is 41.5 Å². The molecule has 0 radical (unpaired) electrons. The van der Waals surface area contributed by atoms with E-state index in [9.17, 15) is 50.4 Å². The second kappa shape index (κ2) is 16.2. The Morgan fingerprint density at radius 3 is 0.804 bits per heavy atom.